The Kier molecular flexibility index (Phi) is 3.88. The summed E-state index contributed by atoms with van der Waals surface area (Å²) < 4.78 is 5.21. The highest BCUT2D eigenvalue weighted by Crippen LogP contribution is 2.50. The lowest BCUT2D eigenvalue weighted by atomic mass is 10.1. The molecular formula is C15H20N2O. The molecule has 96 valence electrons. The smallest absolute Gasteiger partial charge is 0.174 e. The summed E-state index contributed by atoms with van der Waals surface area (Å²) in [5.41, 5.74) is 1.79. The lowest BCUT2D eigenvalue weighted by Crippen LogP contribution is -2.17. The number of ether oxygens (including phenoxy) is 1. The van der Waals surface area contributed by atoms with Crippen molar-refractivity contribution in [1.82, 2.24) is 5.32 Å². The van der Waals surface area contributed by atoms with Gasteiger partial charge in [0.15, 0.2) is 6.61 Å². The van der Waals surface area contributed by atoms with Gasteiger partial charge in [-0.1, -0.05) is 26.0 Å². The zero-order valence-corrected chi connectivity index (χ0v) is 11.1. The topological polar surface area (TPSA) is 45.0 Å². The van der Waals surface area contributed by atoms with Gasteiger partial charge in [0, 0.05) is 6.54 Å². The first kappa shape index (κ1) is 12.9. The monoisotopic (exact) mass is 244 g/mol. The van der Waals surface area contributed by atoms with Crippen molar-refractivity contribution in [1.29, 1.82) is 5.26 Å². The molecule has 1 N–H and O–H groups in total. The van der Waals surface area contributed by atoms with Gasteiger partial charge in [-0.3, -0.25) is 0 Å². The molecule has 1 saturated carbocycles. The molecule has 0 radical (unpaired) electrons. The summed E-state index contributed by atoms with van der Waals surface area (Å²) in [7, 11) is 0. The van der Waals surface area contributed by atoms with Crippen LogP contribution in [0.1, 0.15) is 25.8 Å². The third kappa shape index (κ3) is 3.48. The van der Waals surface area contributed by atoms with Crippen LogP contribution in [0.3, 0.4) is 0 Å². The van der Waals surface area contributed by atoms with Gasteiger partial charge in [0.05, 0.1) is 0 Å². The molecule has 0 heterocycles. The summed E-state index contributed by atoms with van der Waals surface area (Å²) >= 11 is 0. The first-order valence-electron chi connectivity index (χ1n) is 6.41. The van der Waals surface area contributed by atoms with Gasteiger partial charge in [-0.05, 0) is 42.0 Å². The van der Waals surface area contributed by atoms with E-state index in [0.717, 1.165) is 24.8 Å². The van der Waals surface area contributed by atoms with Gasteiger partial charge in [0.1, 0.15) is 11.8 Å². The molecule has 18 heavy (non-hydrogen) atoms. The van der Waals surface area contributed by atoms with E-state index in [1.807, 2.05) is 30.3 Å². The fraction of sp³-hybridized carbons (Fsp3) is 0.533. The summed E-state index contributed by atoms with van der Waals surface area (Å²) in [6, 6.07) is 9.86. The minimum atomic E-state index is 0.106. The zero-order chi connectivity index (χ0) is 13.0. The van der Waals surface area contributed by atoms with Crippen LogP contribution in [-0.4, -0.2) is 13.2 Å². The number of rotatable bonds is 6. The van der Waals surface area contributed by atoms with Gasteiger partial charge in [-0.25, -0.2) is 0 Å². The van der Waals surface area contributed by atoms with E-state index in [9.17, 15) is 0 Å². The van der Waals surface area contributed by atoms with E-state index in [1.54, 1.807) is 0 Å². The van der Waals surface area contributed by atoms with Crippen LogP contribution in [-0.2, 0) is 6.54 Å². The van der Waals surface area contributed by atoms with E-state index in [-0.39, 0.29) is 6.61 Å². The summed E-state index contributed by atoms with van der Waals surface area (Å²) in [5, 5.41) is 11.9. The lowest BCUT2D eigenvalue weighted by Gasteiger charge is -2.07. The highest BCUT2D eigenvalue weighted by molar-refractivity contribution is 5.27. The van der Waals surface area contributed by atoms with Crippen molar-refractivity contribution in [2.24, 2.45) is 11.3 Å². The maximum atomic E-state index is 8.41. The van der Waals surface area contributed by atoms with Crippen molar-refractivity contribution in [2.75, 3.05) is 13.2 Å². The van der Waals surface area contributed by atoms with E-state index in [4.69, 9.17) is 10.00 Å². The average molecular weight is 244 g/mol. The summed E-state index contributed by atoms with van der Waals surface area (Å²) in [6.07, 6.45) is 1.33. The molecule has 3 heteroatoms. The molecule has 0 bridgehead atoms. The van der Waals surface area contributed by atoms with E-state index >= 15 is 0 Å². The highest BCUT2D eigenvalue weighted by Gasteiger charge is 2.44. The largest absolute Gasteiger partial charge is 0.479 e. The second kappa shape index (κ2) is 5.41. The molecule has 1 aromatic rings. The maximum absolute atomic E-state index is 8.41. The first-order chi connectivity index (χ1) is 8.62. The Morgan fingerprint density at radius 1 is 1.39 bits per heavy atom. The number of benzene rings is 1. The van der Waals surface area contributed by atoms with Crippen molar-refractivity contribution in [3.05, 3.63) is 29.8 Å². The molecule has 0 amide bonds. The quantitative estimate of drug-likeness (QED) is 0.837. The second-order valence-corrected chi connectivity index (χ2v) is 5.61. The standard InChI is InChI=1S/C15H20N2O/c1-15(2)9-13(15)11-17-10-12-3-5-14(6-4-12)18-8-7-16/h3-6,13,17H,8-11H2,1-2H3. The van der Waals surface area contributed by atoms with Gasteiger partial charge >= 0.3 is 0 Å². The van der Waals surface area contributed by atoms with Gasteiger partial charge in [-0.2, -0.15) is 5.26 Å². The molecule has 1 fully saturated rings. The molecule has 1 aliphatic rings. The molecule has 1 aliphatic carbocycles. The Bertz CT molecular complexity index is 431. The van der Waals surface area contributed by atoms with Crippen LogP contribution < -0.4 is 10.1 Å². The Hall–Kier alpha value is -1.53. The molecule has 0 aromatic heterocycles. The molecule has 2 rings (SSSR count). The average Bonchev–Trinajstić information content (AvgIpc) is 2.96. The van der Waals surface area contributed by atoms with Crippen LogP contribution in [0, 0.1) is 22.7 Å². The van der Waals surface area contributed by atoms with Crippen molar-refractivity contribution >= 4 is 0 Å². The third-order valence-corrected chi connectivity index (χ3v) is 3.66. The summed E-state index contributed by atoms with van der Waals surface area (Å²) in [6.45, 7) is 6.74. The van der Waals surface area contributed by atoms with Crippen molar-refractivity contribution in [2.45, 2.75) is 26.8 Å². The van der Waals surface area contributed by atoms with E-state index in [1.165, 1.54) is 12.0 Å². The molecule has 1 aromatic carbocycles. The second-order valence-electron chi connectivity index (χ2n) is 5.61. The Morgan fingerprint density at radius 3 is 2.61 bits per heavy atom. The van der Waals surface area contributed by atoms with Crippen LogP contribution in [0.2, 0.25) is 0 Å². The Morgan fingerprint density at radius 2 is 2.06 bits per heavy atom. The molecule has 0 spiro atoms. The molecule has 3 nitrogen and oxygen atoms in total. The molecule has 0 aliphatic heterocycles. The van der Waals surface area contributed by atoms with Crippen molar-refractivity contribution < 1.29 is 4.74 Å². The number of nitrogens with one attached hydrogen (secondary N) is 1. The van der Waals surface area contributed by atoms with Gasteiger partial charge in [0.2, 0.25) is 0 Å². The normalized spacial score (nSPS) is 20.2. The van der Waals surface area contributed by atoms with Crippen LogP contribution in [0.25, 0.3) is 0 Å². The van der Waals surface area contributed by atoms with Crippen LogP contribution in [0.5, 0.6) is 5.75 Å². The number of hydrogen-bond acceptors (Lipinski definition) is 3. The van der Waals surface area contributed by atoms with Crippen molar-refractivity contribution in [3.8, 4) is 11.8 Å². The molecule has 1 unspecified atom stereocenters. The van der Waals surface area contributed by atoms with E-state index in [2.05, 4.69) is 19.2 Å². The van der Waals surface area contributed by atoms with Gasteiger partial charge < -0.3 is 10.1 Å². The fourth-order valence-electron chi connectivity index (χ4n) is 2.13. The van der Waals surface area contributed by atoms with Crippen LogP contribution >= 0.6 is 0 Å². The van der Waals surface area contributed by atoms with Gasteiger partial charge in [0.25, 0.3) is 0 Å². The number of nitrogens with zero attached hydrogens (tertiary/aromatic N) is 1. The molecular weight excluding hydrogens is 224 g/mol. The summed E-state index contributed by atoms with van der Waals surface area (Å²) in [5.74, 6) is 1.58. The SMILES string of the molecule is CC1(C)CC1CNCc1ccc(OCC#N)cc1. The Labute approximate surface area is 109 Å². The summed E-state index contributed by atoms with van der Waals surface area (Å²) in [4.78, 5) is 0. The lowest BCUT2D eigenvalue weighted by molar-refractivity contribution is 0.368. The minimum absolute atomic E-state index is 0.106. The minimum Gasteiger partial charge on any atom is -0.479 e. The highest BCUT2D eigenvalue weighted by atomic mass is 16.5. The predicted octanol–water partition coefficient (Wildman–Crippen LogP) is 2.72. The first-order valence-corrected chi connectivity index (χ1v) is 6.41. The zero-order valence-electron chi connectivity index (χ0n) is 11.1. The Balaban J connectivity index is 1.72. The number of nitriles is 1. The number of hydrogen-bond donors (Lipinski definition) is 1. The van der Waals surface area contributed by atoms with Gasteiger partial charge in [-0.15, -0.1) is 0 Å². The van der Waals surface area contributed by atoms with E-state index in [0.29, 0.717) is 5.41 Å². The third-order valence-electron chi connectivity index (χ3n) is 3.66. The van der Waals surface area contributed by atoms with E-state index < -0.39 is 0 Å². The molecule has 0 saturated heterocycles. The van der Waals surface area contributed by atoms with Crippen molar-refractivity contribution in [3.63, 3.8) is 0 Å². The maximum Gasteiger partial charge on any atom is 0.174 e. The van der Waals surface area contributed by atoms with Crippen LogP contribution in [0.15, 0.2) is 24.3 Å². The predicted molar refractivity (Wildman–Crippen MR) is 71.1 cm³/mol. The molecule has 1 atom stereocenters. The fourth-order valence-corrected chi connectivity index (χ4v) is 2.13. The van der Waals surface area contributed by atoms with Crippen LogP contribution in [0.4, 0.5) is 0 Å².